The Morgan fingerprint density at radius 1 is 1.28 bits per heavy atom. The predicted octanol–water partition coefficient (Wildman–Crippen LogP) is 4.34. The third-order valence-corrected chi connectivity index (χ3v) is 5.07. The van der Waals surface area contributed by atoms with Crippen molar-refractivity contribution in [3.8, 4) is 11.3 Å². The molecule has 1 aliphatic heterocycles. The first-order valence-electron chi connectivity index (χ1n) is 8.90. The number of hydrogen-bond acceptors (Lipinski definition) is 3. The van der Waals surface area contributed by atoms with Crippen LogP contribution in [0.15, 0.2) is 40.8 Å². The molecule has 1 saturated heterocycles. The van der Waals surface area contributed by atoms with Gasteiger partial charge in [-0.3, -0.25) is 9.69 Å². The summed E-state index contributed by atoms with van der Waals surface area (Å²) in [4.78, 5) is 13.8. The van der Waals surface area contributed by atoms with Crippen LogP contribution in [0.2, 0.25) is 5.02 Å². The van der Waals surface area contributed by atoms with E-state index in [1.807, 2.05) is 36.4 Å². The lowest BCUT2D eigenvalue weighted by atomic mass is 9.98. The zero-order chi connectivity index (χ0) is 17.8. The Morgan fingerprint density at radius 2 is 2.08 bits per heavy atom. The van der Waals surface area contributed by atoms with Crippen molar-refractivity contribution in [3.05, 3.63) is 47.2 Å². The Morgan fingerprint density at radius 3 is 2.80 bits per heavy atom. The molecule has 1 aliphatic rings. The molecule has 1 amide bonds. The first-order valence-corrected chi connectivity index (χ1v) is 9.27. The zero-order valence-corrected chi connectivity index (χ0v) is 15.6. The lowest BCUT2D eigenvalue weighted by molar-refractivity contribution is -0.119. The quantitative estimate of drug-likeness (QED) is 0.833. The smallest absolute Gasteiger partial charge is 0.217 e. The van der Waals surface area contributed by atoms with Crippen molar-refractivity contribution in [3.63, 3.8) is 0 Å². The van der Waals surface area contributed by atoms with Crippen LogP contribution in [-0.2, 0) is 11.3 Å². The van der Waals surface area contributed by atoms with Crippen LogP contribution in [0, 0.1) is 5.92 Å². The van der Waals surface area contributed by atoms with Gasteiger partial charge in [0.1, 0.15) is 11.5 Å². The first-order chi connectivity index (χ1) is 12.1. The molecule has 0 saturated carbocycles. The number of nitrogens with one attached hydrogen (secondary N) is 1. The van der Waals surface area contributed by atoms with Crippen molar-refractivity contribution in [1.82, 2.24) is 10.2 Å². The molecule has 2 heterocycles. The van der Waals surface area contributed by atoms with E-state index in [1.54, 1.807) is 6.92 Å². The molecule has 0 radical (unpaired) electrons. The van der Waals surface area contributed by atoms with Gasteiger partial charge in [-0.25, -0.2) is 0 Å². The largest absolute Gasteiger partial charge is 0.460 e. The zero-order valence-electron chi connectivity index (χ0n) is 14.8. The summed E-state index contributed by atoms with van der Waals surface area (Å²) in [5.74, 6) is 2.27. The standard InChI is InChI=1S/C20H25ClN2O2/c1-3-6-15-11-23(13-19(15)22-14(2)24)12-16-9-10-20(25-16)17-7-4-5-8-18(17)21/h4-5,7-10,15,19H,3,6,11-13H2,1-2H3,(H,22,24)/t15-,19-/m1/s1. The molecule has 0 aliphatic carbocycles. The van der Waals surface area contributed by atoms with E-state index in [9.17, 15) is 4.79 Å². The number of nitrogens with zero attached hydrogens (tertiary/aromatic N) is 1. The number of benzene rings is 1. The number of hydrogen-bond donors (Lipinski definition) is 1. The van der Waals surface area contributed by atoms with Crippen molar-refractivity contribution in [1.29, 1.82) is 0 Å². The fraction of sp³-hybridized carbons (Fsp3) is 0.450. The summed E-state index contributed by atoms with van der Waals surface area (Å²) in [6, 6.07) is 11.9. The summed E-state index contributed by atoms with van der Waals surface area (Å²) in [5, 5.41) is 3.80. The molecular weight excluding hydrogens is 336 g/mol. The summed E-state index contributed by atoms with van der Waals surface area (Å²) < 4.78 is 6.01. The predicted molar refractivity (Wildman–Crippen MR) is 100 cm³/mol. The van der Waals surface area contributed by atoms with Gasteiger partial charge in [-0.2, -0.15) is 0 Å². The van der Waals surface area contributed by atoms with Crippen LogP contribution in [0.3, 0.4) is 0 Å². The molecule has 2 atom stereocenters. The number of amides is 1. The van der Waals surface area contributed by atoms with E-state index in [2.05, 4.69) is 17.1 Å². The van der Waals surface area contributed by atoms with Gasteiger partial charge in [0.05, 0.1) is 11.6 Å². The summed E-state index contributed by atoms with van der Waals surface area (Å²) in [6.07, 6.45) is 2.26. The second-order valence-corrected chi connectivity index (χ2v) is 7.20. The monoisotopic (exact) mass is 360 g/mol. The highest BCUT2D eigenvalue weighted by Crippen LogP contribution is 2.30. The molecule has 2 aromatic rings. The molecule has 0 unspecified atom stereocenters. The Kier molecular flexibility index (Phi) is 5.82. The molecule has 1 N–H and O–H groups in total. The van der Waals surface area contributed by atoms with Crippen LogP contribution >= 0.6 is 11.6 Å². The van der Waals surface area contributed by atoms with Crippen molar-refractivity contribution in [2.75, 3.05) is 13.1 Å². The lowest BCUT2D eigenvalue weighted by Gasteiger charge is -2.18. The average molecular weight is 361 g/mol. The molecule has 0 spiro atoms. The molecule has 25 heavy (non-hydrogen) atoms. The SMILES string of the molecule is CCC[C@@H]1CN(Cc2ccc(-c3ccccc3Cl)o2)C[C@H]1NC(C)=O. The van der Waals surface area contributed by atoms with Gasteiger partial charge >= 0.3 is 0 Å². The number of carbonyl (C=O) groups is 1. The minimum absolute atomic E-state index is 0.0481. The van der Waals surface area contributed by atoms with Crippen LogP contribution in [-0.4, -0.2) is 29.9 Å². The number of halogens is 1. The molecular formula is C20H25ClN2O2. The Labute approximate surface area is 154 Å². The minimum Gasteiger partial charge on any atom is -0.460 e. The summed E-state index contributed by atoms with van der Waals surface area (Å²) >= 11 is 6.25. The van der Waals surface area contributed by atoms with Crippen molar-refractivity contribution in [2.45, 2.75) is 39.3 Å². The number of carbonyl (C=O) groups excluding carboxylic acids is 1. The second kappa shape index (κ2) is 8.07. The molecule has 134 valence electrons. The number of rotatable bonds is 6. The topological polar surface area (TPSA) is 45.5 Å². The van der Waals surface area contributed by atoms with Crippen molar-refractivity contribution < 1.29 is 9.21 Å². The Balaban J connectivity index is 1.67. The highest BCUT2D eigenvalue weighted by atomic mass is 35.5. The van der Waals surface area contributed by atoms with Gasteiger partial charge in [0.15, 0.2) is 0 Å². The van der Waals surface area contributed by atoms with E-state index in [0.29, 0.717) is 10.9 Å². The molecule has 5 heteroatoms. The number of furan rings is 1. The van der Waals surface area contributed by atoms with Gasteiger partial charge in [0.25, 0.3) is 0 Å². The molecule has 1 aromatic carbocycles. The van der Waals surface area contributed by atoms with Crippen molar-refractivity contribution in [2.24, 2.45) is 5.92 Å². The van der Waals surface area contributed by atoms with Crippen molar-refractivity contribution >= 4 is 17.5 Å². The van der Waals surface area contributed by atoms with Gasteiger partial charge in [-0.15, -0.1) is 0 Å². The molecule has 0 bridgehead atoms. The maximum Gasteiger partial charge on any atom is 0.217 e. The average Bonchev–Trinajstić information content (AvgIpc) is 3.16. The van der Waals surface area contributed by atoms with Gasteiger partial charge in [-0.1, -0.05) is 37.1 Å². The Bertz CT molecular complexity index is 728. The highest BCUT2D eigenvalue weighted by Gasteiger charge is 2.32. The fourth-order valence-corrected chi connectivity index (χ4v) is 3.90. The van der Waals surface area contributed by atoms with Crippen LogP contribution in [0.1, 0.15) is 32.4 Å². The third-order valence-electron chi connectivity index (χ3n) is 4.75. The molecule has 3 rings (SSSR count). The normalized spacial score (nSPS) is 20.8. The summed E-state index contributed by atoms with van der Waals surface area (Å²) in [5.41, 5.74) is 0.914. The van der Waals surface area contributed by atoms with Gasteiger partial charge in [0.2, 0.25) is 5.91 Å². The highest BCUT2D eigenvalue weighted by molar-refractivity contribution is 6.33. The van der Waals surface area contributed by atoms with Gasteiger partial charge < -0.3 is 9.73 Å². The first kappa shape index (κ1) is 18.0. The summed E-state index contributed by atoms with van der Waals surface area (Å²) in [6.45, 7) is 6.39. The second-order valence-electron chi connectivity index (χ2n) is 6.80. The van der Waals surface area contributed by atoms with Gasteiger partial charge in [0, 0.05) is 31.6 Å². The van der Waals surface area contributed by atoms with Crippen LogP contribution in [0.25, 0.3) is 11.3 Å². The van der Waals surface area contributed by atoms with E-state index in [0.717, 1.165) is 49.6 Å². The van der Waals surface area contributed by atoms with Gasteiger partial charge in [-0.05, 0) is 36.6 Å². The van der Waals surface area contributed by atoms with E-state index >= 15 is 0 Å². The minimum atomic E-state index is 0.0481. The lowest BCUT2D eigenvalue weighted by Crippen LogP contribution is -2.39. The molecule has 1 aromatic heterocycles. The Hall–Kier alpha value is -1.78. The maximum atomic E-state index is 11.4. The molecule has 4 nitrogen and oxygen atoms in total. The van der Waals surface area contributed by atoms with E-state index in [1.165, 1.54) is 0 Å². The third kappa shape index (κ3) is 4.44. The maximum absolute atomic E-state index is 11.4. The van der Waals surface area contributed by atoms with Crippen LogP contribution < -0.4 is 5.32 Å². The van der Waals surface area contributed by atoms with E-state index < -0.39 is 0 Å². The van der Waals surface area contributed by atoms with E-state index in [4.69, 9.17) is 16.0 Å². The number of likely N-dealkylation sites (tertiary alicyclic amines) is 1. The molecule has 1 fully saturated rings. The van der Waals surface area contributed by atoms with Crippen LogP contribution in [0.4, 0.5) is 0 Å². The summed E-state index contributed by atoms with van der Waals surface area (Å²) in [7, 11) is 0. The fourth-order valence-electron chi connectivity index (χ4n) is 3.67. The van der Waals surface area contributed by atoms with Crippen LogP contribution in [0.5, 0.6) is 0 Å². The van der Waals surface area contributed by atoms with E-state index in [-0.39, 0.29) is 11.9 Å².